The molecule has 0 aliphatic carbocycles. The SMILES string of the molecule is O=C(Nc1cc[n+]([O-])nc1)Nc1cc(F)cc(F)c1. The molecule has 2 N–H and O–H groups in total. The molecule has 0 atom stereocenters. The van der Waals surface area contributed by atoms with Crippen LogP contribution >= 0.6 is 0 Å². The molecule has 1 aromatic carbocycles. The van der Waals surface area contributed by atoms with Crippen molar-refractivity contribution < 1.29 is 18.4 Å². The largest absolute Gasteiger partial charge is 0.594 e. The number of nitrogens with one attached hydrogen (secondary N) is 2. The molecule has 6 nitrogen and oxygen atoms in total. The van der Waals surface area contributed by atoms with E-state index in [1.165, 1.54) is 6.07 Å². The lowest BCUT2D eigenvalue weighted by Crippen LogP contribution is -2.30. The number of aromatic nitrogens is 2. The first-order valence-electron chi connectivity index (χ1n) is 5.12. The highest BCUT2D eigenvalue weighted by Gasteiger charge is 2.06. The van der Waals surface area contributed by atoms with Crippen LogP contribution in [0.1, 0.15) is 0 Å². The van der Waals surface area contributed by atoms with Gasteiger partial charge in [0.15, 0.2) is 0 Å². The second kappa shape index (κ2) is 5.25. The van der Waals surface area contributed by atoms with Gasteiger partial charge in [0.25, 0.3) is 0 Å². The predicted octanol–water partition coefficient (Wildman–Crippen LogP) is 1.64. The summed E-state index contributed by atoms with van der Waals surface area (Å²) in [6.45, 7) is 0. The third kappa shape index (κ3) is 3.60. The molecule has 8 heteroatoms. The summed E-state index contributed by atoms with van der Waals surface area (Å²) < 4.78 is 25.8. The first-order chi connectivity index (χ1) is 9.02. The molecule has 2 amide bonds. The van der Waals surface area contributed by atoms with Gasteiger partial charge in [-0.2, -0.15) is 0 Å². The molecule has 98 valence electrons. The van der Waals surface area contributed by atoms with Gasteiger partial charge in [-0.25, -0.2) is 13.6 Å². The molecule has 0 radical (unpaired) electrons. The van der Waals surface area contributed by atoms with E-state index in [0.29, 0.717) is 10.9 Å². The van der Waals surface area contributed by atoms with Crippen LogP contribution in [0.5, 0.6) is 0 Å². The van der Waals surface area contributed by atoms with Gasteiger partial charge in [-0.05, 0) is 12.1 Å². The lowest BCUT2D eigenvalue weighted by Gasteiger charge is -2.07. The van der Waals surface area contributed by atoms with Gasteiger partial charge in [0, 0.05) is 22.9 Å². The fraction of sp³-hybridized carbons (Fsp3) is 0. The summed E-state index contributed by atoms with van der Waals surface area (Å²) in [7, 11) is 0. The van der Waals surface area contributed by atoms with Crippen molar-refractivity contribution in [2.24, 2.45) is 0 Å². The van der Waals surface area contributed by atoms with Crippen molar-refractivity contribution in [1.82, 2.24) is 5.10 Å². The zero-order valence-corrected chi connectivity index (χ0v) is 9.43. The second-order valence-electron chi connectivity index (χ2n) is 3.56. The first-order valence-corrected chi connectivity index (χ1v) is 5.12. The highest BCUT2D eigenvalue weighted by Crippen LogP contribution is 2.13. The molecule has 0 spiro atoms. The van der Waals surface area contributed by atoms with Crippen molar-refractivity contribution in [2.45, 2.75) is 0 Å². The van der Waals surface area contributed by atoms with Gasteiger partial charge in [-0.3, -0.25) is 0 Å². The molecule has 0 fully saturated rings. The van der Waals surface area contributed by atoms with E-state index in [-0.39, 0.29) is 11.4 Å². The minimum atomic E-state index is -0.802. The number of urea groups is 1. The van der Waals surface area contributed by atoms with E-state index in [9.17, 15) is 18.8 Å². The number of benzene rings is 1. The second-order valence-corrected chi connectivity index (χ2v) is 3.56. The van der Waals surface area contributed by atoms with E-state index in [1.807, 2.05) is 0 Å². The van der Waals surface area contributed by atoms with E-state index in [2.05, 4.69) is 15.7 Å². The minimum Gasteiger partial charge on any atom is -0.594 e. The topological polar surface area (TPSA) is 81.0 Å². The molecule has 2 rings (SSSR count). The van der Waals surface area contributed by atoms with Crippen molar-refractivity contribution in [3.63, 3.8) is 0 Å². The van der Waals surface area contributed by atoms with Gasteiger partial charge in [0.1, 0.15) is 17.8 Å². The third-order valence-electron chi connectivity index (χ3n) is 2.07. The van der Waals surface area contributed by atoms with Crippen LogP contribution in [-0.4, -0.2) is 11.1 Å². The summed E-state index contributed by atoms with van der Waals surface area (Å²) in [4.78, 5) is 11.8. The molecular weight excluding hydrogens is 258 g/mol. The van der Waals surface area contributed by atoms with Crippen LogP contribution in [-0.2, 0) is 0 Å². The molecule has 19 heavy (non-hydrogen) atoms. The number of carbonyl (C=O) groups excluding carboxylic acids is 1. The van der Waals surface area contributed by atoms with Crippen molar-refractivity contribution in [3.8, 4) is 0 Å². The number of nitrogens with zero attached hydrogens (tertiary/aromatic N) is 2. The van der Waals surface area contributed by atoms with E-state index < -0.39 is 17.7 Å². The quantitative estimate of drug-likeness (QED) is 0.640. The van der Waals surface area contributed by atoms with E-state index in [4.69, 9.17) is 0 Å². The fourth-order valence-electron chi connectivity index (χ4n) is 1.34. The number of rotatable bonds is 2. The summed E-state index contributed by atoms with van der Waals surface area (Å²) in [5, 5.41) is 18.6. The van der Waals surface area contributed by atoms with E-state index in [1.54, 1.807) is 0 Å². The van der Waals surface area contributed by atoms with Crippen molar-refractivity contribution >= 4 is 17.4 Å². The van der Waals surface area contributed by atoms with Gasteiger partial charge in [0.2, 0.25) is 6.20 Å². The van der Waals surface area contributed by atoms with Gasteiger partial charge >= 0.3 is 6.03 Å². The Morgan fingerprint density at radius 3 is 2.37 bits per heavy atom. The molecule has 0 aliphatic rings. The predicted molar refractivity (Wildman–Crippen MR) is 62.2 cm³/mol. The molecule has 0 aliphatic heterocycles. The summed E-state index contributed by atoms with van der Waals surface area (Å²) in [5.41, 5.74) is 0.235. The number of anilines is 2. The molecule has 2 aromatic rings. The van der Waals surface area contributed by atoms with Crippen LogP contribution in [0.15, 0.2) is 36.7 Å². The minimum absolute atomic E-state index is 0.0298. The number of carbonyl (C=O) groups is 1. The maximum Gasteiger partial charge on any atom is 0.323 e. The van der Waals surface area contributed by atoms with Crippen LogP contribution in [0.4, 0.5) is 25.0 Å². The molecule has 1 aromatic heterocycles. The first kappa shape index (κ1) is 12.7. The summed E-state index contributed by atoms with van der Waals surface area (Å²) in [6.07, 6.45) is 2.23. The Morgan fingerprint density at radius 1 is 1.16 bits per heavy atom. The zero-order chi connectivity index (χ0) is 13.8. The molecule has 0 saturated heterocycles. The van der Waals surface area contributed by atoms with Crippen LogP contribution in [0.3, 0.4) is 0 Å². The van der Waals surface area contributed by atoms with Gasteiger partial charge in [-0.15, -0.1) is 0 Å². The molecular formula is C11H8F2N4O2. The van der Waals surface area contributed by atoms with Crippen molar-refractivity contribution in [2.75, 3.05) is 10.6 Å². The Kier molecular flexibility index (Phi) is 3.51. The van der Waals surface area contributed by atoms with Gasteiger partial charge in [0.05, 0.1) is 5.69 Å². The number of hydrogen-bond donors (Lipinski definition) is 2. The summed E-state index contributed by atoms with van der Waals surface area (Å²) >= 11 is 0. The van der Waals surface area contributed by atoms with Crippen LogP contribution in [0.25, 0.3) is 0 Å². The monoisotopic (exact) mass is 266 g/mol. The average molecular weight is 266 g/mol. The maximum atomic E-state index is 12.9. The Labute approximate surface area is 106 Å². The lowest BCUT2D eigenvalue weighted by molar-refractivity contribution is -0.669. The number of hydrogen-bond acceptors (Lipinski definition) is 3. The highest BCUT2D eigenvalue weighted by molar-refractivity contribution is 5.99. The highest BCUT2D eigenvalue weighted by atomic mass is 19.1. The van der Waals surface area contributed by atoms with Crippen molar-refractivity contribution in [3.05, 3.63) is 53.5 Å². The standard InChI is InChI=1S/C11H8F2N4O2/c12-7-3-8(13)5-10(4-7)16-11(18)15-9-1-2-17(19)14-6-9/h1-6H,(H2,15,16,18). The van der Waals surface area contributed by atoms with Crippen LogP contribution in [0, 0.1) is 16.8 Å². The van der Waals surface area contributed by atoms with Crippen LogP contribution < -0.4 is 15.5 Å². The van der Waals surface area contributed by atoms with Gasteiger partial charge in [-0.1, -0.05) is 4.85 Å². The molecule has 0 bridgehead atoms. The Bertz CT molecular complexity index is 584. The summed E-state index contributed by atoms with van der Waals surface area (Å²) in [6, 6.07) is 3.24. The Balaban J connectivity index is 2.03. The maximum absolute atomic E-state index is 12.9. The van der Waals surface area contributed by atoms with Crippen LogP contribution in [0.2, 0.25) is 0 Å². The molecule has 0 unspecified atom stereocenters. The zero-order valence-electron chi connectivity index (χ0n) is 9.43. The van der Waals surface area contributed by atoms with E-state index >= 15 is 0 Å². The Hall–Kier alpha value is -2.77. The number of halogens is 2. The Morgan fingerprint density at radius 2 is 1.79 bits per heavy atom. The average Bonchev–Trinajstić information content (AvgIpc) is 2.30. The molecule has 0 saturated carbocycles. The lowest BCUT2D eigenvalue weighted by atomic mass is 10.3. The number of amides is 2. The third-order valence-corrected chi connectivity index (χ3v) is 2.07. The van der Waals surface area contributed by atoms with Gasteiger partial charge < -0.3 is 15.8 Å². The molecule has 1 heterocycles. The smallest absolute Gasteiger partial charge is 0.323 e. The normalized spacial score (nSPS) is 10.0. The summed E-state index contributed by atoms with van der Waals surface area (Å²) in [5.74, 6) is -1.60. The van der Waals surface area contributed by atoms with E-state index in [0.717, 1.165) is 24.5 Å². The van der Waals surface area contributed by atoms with Crippen molar-refractivity contribution in [1.29, 1.82) is 0 Å². The fourth-order valence-corrected chi connectivity index (χ4v) is 1.34.